The fourth-order valence-electron chi connectivity index (χ4n) is 3.09. The summed E-state index contributed by atoms with van der Waals surface area (Å²) in [5, 5.41) is 5.67. The monoisotopic (exact) mass is 383 g/mol. The summed E-state index contributed by atoms with van der Waals surface area (Å²) in [6, 6.07) is 15.6. The second-order valence-electron chi connectivity index (χ2n) is 6.64. The van der Waals surface area contributed by atoms with Gasteiger partial charge in [-0.2, -0.15) is 0 Å². The van der Waals surface area contributed by atoms with Crippen molar-refractivity contribution in [1.29, 1.82) is 0 Å². The van der Waals surface area contributed by atoms with Gasteiger partial charge < -0.3 is 15.5 Å². The van der Waals surface area contributed by atoms with Crippen LogP contribution in [0.25, 0.3) is 0 Å². The predicted octanol–water partition coefficient (Wildman–Crippen LogP) is 4.37. The van der Waals surface area contributed by atoms with Crippen molar-refractivity contribution < 1.29 is 9.59 Å². The summed E-state index contributed by atoms with van der Waals surface area (Å²) in [6.45, 7) is 3.71. The Morgan fingerprint density at radius 3 is 2.11 bits per heavy atom. The summed E-state index contributed by atoms with van der Waals surface area (Å²) >= 11 is 1.47. The Labute approximate surface area is 164 Å². The lowest BCUT2D eigenvalue weighted by Gasteiger charge is -2.28. The molecule has 0 aromatic heterocycles. The first-order valence-electron chi connectivity index (χ1n) is 9.25. The van der Waals surface area contributed by atoms with Crippen molar-refractivity contribution in [3.05, 3.63) is 48.5 Å². The van der Waals surface area contributed by atoms with E-state index in [1.54, 1.807) is 0 Å². The Morgan fingerprint density at radius 1 is 0.889 bits per heavy atom. The molecule has 6 heteroatoms. The molecular formula is C21H25N3O2S. The van der Waals surface area contributed by atoms with Crippen LogP contribution in [0.15, 0.2) is 53.4 Å². The van der Waals surface area contributed by atoms with E-state index in [0.29, 0.717) is 5.75 Å². The van der Waals surface area contributed by atoms with E-state index in [4.69, 9.17) is 0 Å². The Balaban J connectivity index is 1.46. The Bertz CT molecular complexity index is 769. The number of anilines is 3. The zero-order chi connectivity index (χ0) is 19.1. The van der Waals surface area contributed by atoms with Gasteiger partial charge in [-0.25, -0.2) is 0 Å². The van der Waals surface area contributed by atoms with Gasteiger partial charge in [-0.3, -0.25) is 9.59 Å². The van der Waals surface area contributed by atoms with Crippen LogP contribution in [0, 0.1) is 0 Å². The van der Waals surface area contributed by atoms with Crippen LogP contribution in [-0.4, -0.2) is 30.7 Å². The number of amides is 2. The summed E-state index contributed by atoms with van der Waals surface area (Å²) < 4.78 is 0. The fourth-order valence-corrected chi connectivity index (χ4v) is 3.79. The number of rotatable bonds is 6. The van der Waals surface area contributed by atoms with Gasteiger partial charge in [0.1, 0.15) is 0 Å². The maximum atomic E-state index is 12.2. The zero-order valence-electron chi connectivity index (χ0n) is 15.5. The third-order valence-electron chi connectivity index (χ3n) is 4.42. The maximum Gasteiger partial charge on any atom is 0.234 e. The number of hydrogen-bond acceptors (Lipinski definition) is 4. The van der Waals surface area contributed by atoms with Gasteiger partial charge in [0.05, 0.1) is 5.75 Å². The van der Waals surface area contributed by atoms with Gasteiger partial charge in [-0.15, -0.1) is 11.8 Å². The van der Waals surface area contributed by atoms with E-state index >= 15 is 0 Å². The van der Waals surface area contributed by atoms with Crippen molar-refractivity contribution >= 4 is 40.6 Å². The standard InChI is InChI=1S/C21H25N3O2S/c1-16(25)22-17-7-11-20(12-8-17)27-15-21(26)23-18-5-9-19(10-6-18)24-13-3-2-4-14-24/h5-12H,2-4,13-15H2,1H3,(H,22,25)(H,23,26). The lowest BCUT2D eigenvalue weighted by Crippen LogP contribution is -2.29. The molecule has 0 unspecified atom stereocenters. The molecule has 1 fully saturated rings. The molecule has 2 N–H and O–H groups in total. The Morgan fingerprint density at radius 2 is 1.48 bits per heavy atom. The first kappa shape index (κ1) is 19.3. The summed E-state index contributed by atoms with van der Waals surface area (Å²) in [7, 11) is 0. The average Bonchev–Trinajstić information content (AvgIpc) is 2.68. The molecule has 2 aromatic rings. The second kappa shape index (κ2) is 9.46. The molecule has 0 saturated carbocycles. The number of carbonyl (C=O) groups is 2. The predicted molar refractivity (Wildman–Crippen MR) is 113 cm³/mol. The molecule has 3 rings (SSSR count). The van der Waals surface area contributed by atoms with Crippen LogP contribution >= 0.6 is 11.8 Å². The van der Waals surface area contributed by atoms with Gasteiger partial charge in [0, 0.05) is 42.0 Å². The molecule has 0 aliphatic carbocycles. The number of carbonyl (C=O) groups excluding carboxylic acids is 2. The van der Waals surface area contributed by atoms with E-state index < -0.39 is 0 Å². The van der Waals surface area contributed by atoms with E-state index in [2.05, 4.69) is 27.7 Å². The Hall–Kier alpha value is -2.47. The smallest absolute Gasteiger partial charge is 0.234 e. The lowest BCUT2D eigenvalue weighted by atomic mass is 10.1. The highest BCUT2D eigenvalue weighted by Gasteiger charge is 2.11. The third kappa shape index (κ3) is 6.03. The molecule has 2 aromatic carbocycles. The van der Waals surface area contributed by atoms with Crippen LogP contribution in [0.2, 0.25) is 0 Å². The number of benzene rings is 2. The molecule has 27 heavy (non-hydrogen) atoms. The molecule has 1 saturated heterocycles. The molecule has 0 spiro atoms. The van der Waals surface area contributed by atoms with E-state index in [1.165, 1.54) is 43.6 Å². The minimum atomic E-state index is -0.0962. The Kier molecular flexibility index (Phi) is 6.76. The van der Waals surface area contributed by atoms with Crippen molar-refractivity contribution in [3.63, 3.8) is 0 Å². The topological polar surface area (TPSA) is 61.4 Å². The van der Waals surface area contributed by atoms with E-state index in [-0.39, 0.29) is 11.8 Å². The second-order valence-corrected chi connectivity index (χ2v) is 7.69. The number of piperidine rings is 1. The third-order valence-corrected chi connectivity index (χ3v) is 5.43. The highest BCUT2D eigenvalue weighted by molar-refractivity contribution is 8.00. The van der Waals surface area contributed by atoms with Crippen molar-refractivity contribution in [2.75, 3.05) is 34.4 Å². The summed E-state index contributed by atoms with van der Waals surface area (Å²) in [6.07, 6.45) is 3.82. The molecule has 0 radical (unpaired) electrons. The number of nitrogens with one attached hydrogen (secondary N) is 2. The van der Waals surface area contributed by atoms with Gasteiger partial charge in [0.25, 0.3) is 0 Å². The van der Waals surface area contributed by atoms with E-state index in [0.717, 1.165) is 29.4 Å². The molecule has 142 valence electrons. The van der Waals surface area contributed by atoms with Crippen molar-refractivity contribution in [1.82, 2.24) is 0 Å². The van der Waals surface area contributed by atoms with Crippen molar-refractivity contribution in [2.24, 2.45) is 0 Å². The summed E-state index contributed by atoms with van der Waals surface area (Å²) in [5.41, 5.74) is 2.80. The molecule has 0 atom stereocenters. The first-order chi connectivity index (χ1) is 13.1. The highest BCUT2D eigenvalue weighted by Crippen LogP contribution is 2.23. The number of hydrogen-bond donors (Lipinski definition) is 2. The van der Waals surface area contributed by atoms with Crippen LogP contribution in [0.5, 0.6) is 0 Å². The summed E-state index contributed by atoms with van der Waals surface area (Å²) in [4.78, 5) is 26.6. The molecule has 0 bridgehead atoms. The highest BCUT2D eigenvalue weighted by atomic mass is 32.2. The molecule has 1 heterocycles. The van der Waals surface area contributed by atoms with Crippen LogP contribution in [0.4, 0.5) is 17.1 Å². The summed E-state index contributed by atoms with van der Waals surface area (Å²) in [5.74, 6) is 0.214. The molecule has 5 nitrogen and oxygen atoms in total. The van der Waals surface area contributed by atoms with Gasteiger partial charge in [-0.1, -0.05) is 0 Å². The lowest BCUT2D eigenvalue weighted by molar-refractivity contribution is -0.114. The minimum Gasteiger partial charge on any atom is -0.372 e. The molecule has 1 aliphatic heterocycles. The fraction of sp³-hybridized carbons (Fsp3) is 0.333. The van der Waals surface area contributed by atoms with Crippen molar-refractivity contribution in [2.45, 2.75) is 31.1 Å². The SMILES string of the molecule is CC(=O)Nc1ccc(SCC(=O)Nc2ccc(N3CCCCC3)cc2)cc1. The number of nitrogens with zero attached hydrogens (tertiary/aromatic N) is 1. The van der Waals surface area contributed by atoms with Gasteiger partial charge >= 0.3 is 0 Å². The van der Waals surface area contributed by atoms with E-state index in [9.17, 15) is 9.59 Å². The first-order valence-corrected chi connectivity index (χ1v) is 10.2. The minimum absolute atomic E-state index is 0.0309. The van der Waals surface area contributed by atoms with Gasteiger partial charge in [0.2, 0.25) is 11.8 Å². The quantitative estimate of drug-likeness (QED) is 0.728. The molecule has 1 aliphatic rings. The zero-order valence-corrected chi connectivity index (χ0v) is 16.3. The normalized spacial score (nSPS) is 13.9. The van der Waals surface area contributed by atoms with Crippen molar-refractivity contribution in [3.8, 4) is 0 Å². The molecular weight excluding hydrogens is 358 g/mol. The van der Waals surface area contributed by atoms with Crippen LogP contribution < -0.4 is 15.5 Å². The largest absolute Gasteiger partial charge is 0.372 e. The molecule has 2 amide bonds. The van der Waals surface area contributed by atoms with E-state index in [1.807, 2.05) is 36.4 Å². The maximum absolute atomic E-state index is 12.2. The van der Waals surface area contributed by atoms with Gasteiger partial charge in [0.15, 0.2) is 0 Å². The van der Waals surface area contributed by atoms with Crippen LogP contribution in [-0.2, 0) is 9.59 Å². The average molecular weight is 384 g/mol. The number of thioether (sulfide) groups is 1. The van der Waals surface area contributed by atoms with Crippen LogP contribution in [0.3, 0.4) is 0 Å². The van der Waals surface area contributed by atoms with Crippen LogP contribution in [0.1, 0.15) is 26.2 Å². The van der Waals surface area contributed by atoms with Gasteiger partial charge in [-0.05, 0) is 67.8 Å².